The molecule has 2 aliphatic heterocycles. The van der Waals surface area contributed by atoms with Crippen molar-refractivity contribution >= 4 is 55.0 Å². The summed E-state index contributed by atoms with van der Waals surface area (Å²) >= 11 is 8.10. The number of piperazine rings is 1. The molecule has 3 N–H and O–H groups in total. The fourth-order valence-electron chi connectivity index (χ4n) is 5.12. The molecule has 2 aromatic heterocycles. The molecule has 2 aliphatic rings. The highest BCUT2D eigenvalue weighted by atomic mass is 35.5. The van der Waals surface area contributed by atoms with E-state index in [9.17, 15) is 0 Å². The lowest BCUT2D eigenvalue weighted by molar-refractivity contribution is 0.188. The van der Waals surface area contributed by atoms with Gasteiger partial charge in [-0.15, -0.1) is 0 Å². The zero-order chi connectivity index (χ0) is 24.8. The Morgan fingerprint density at radius 2 is 2.03 bits per heavy atom. The lowest BCUT2D eigenvalue weighted by atomic mass is 10.0. The van der Waals surface area contributed by atoms with Crippen LogP contribution in [0.1, 0.15) is 12.8 Å². The number of nitrogens with one attached hydrogen (secondary N) is 1. The fourth-order valence-corrected chi connectivity index (χ4v) is 6.17. The summed E-state index contributed by atoms with van der Waals surface area (Å²) in [6, 6.07) is 7.81. The molecule has 0 bridgehead atoms. The Morgan fingerprint density at radius 1 is 1.19 bits per heavy atom. The molecule has 0 spiro atoms. The first-order valence-electron chi connectivity index (χ1n) is 12.1. The number of hydrogen-bond acceptors (Lipinski definition) is 9. The predicted octanol–water partition coefficient (Wildman–Crippen LogP) is 4.16. The van der Waals surface area contributed by atoms with Crippen molar-refractivity contribution in [1.82, 2.24) is 25.2 Å². The average Bonchev–Trinajstić information content (AvgIpc) is 3.47. The average molecular weight is 528 g/mol. The minimum Gasteiger partial charge on any atom is -0.462 e. The highest BCUT2D eigenvalue weighted by Crippen LogP contribution is 2.42. The summed E-state index contributed by atoms with van der Waals surface area (Å²) in [6.45, 7) is 4.63. The molecule has 11 heteroatoms. The van der Waals surface area contributed by atoms with Gasteiger partial charge in [0.1, 0.15) is 17.9 Å². The minimum atomic E-state index is -0.516. The highest BCUT2D eigenvalue weighted by Gasteiger charge is 2.26. The van der Waals surface area contributed by atoms with Crippen LogP contribution in [-0.2, 0) is 0 Å². The van der Waals surface area contributed by atoms with Gasteiger partial charge < -0.3 is 25.6 Å². The second kappa shape index (κ2) is 9.59. The van der Waals surface area contributed by atoms with E-state index in [4.69, 9.17) is 27.1 Å². The maximum atomic E-state index is 16.4. The van der Waals surface area contributed by atoms with Gasteiger partial charge in [0.2, 0.25) is 0 Å². The molecule has 36 heavy (non-hydrogen) atoms. The lowest BCUT2D eigenvalue weighted by Crippen LogP contribution is -2.44. The molecule has 0 unspecified atom stereocenters. The number of anilines is 2. The Morgan fingerprint density at radius 3 is 2.81 bits per heavy atom. The SMILES string of the molecule is CN1CCC[C@H]1COc1nc(N2CCNCC2)c2cc(Cl)c(-c3cccc4sc(N)nc34)c(F)c2n1. The lowest BCUT2D eigenvalue weighted by Gasteiger charge is -2.29. The Balaban J connectivity index is 1.50. The fraction of sp³-hybridized carbons (Fsp3) is 0.400. The van der Waals surface area contributed by atoms with E-state index in [-0.39, 0.29) is 22.1 Å². The van der Waals surface area contributed by atoms with E-state index in [0.717, 1.165) is 50.3 Å². The monoisotopic (exact) mass is 527 g/mol. The smallest absolute Gasteiger partial charge is 0.319 e. The first-order chi connectivity index (χ1) is 17.5. The van der Waals surface area contributed by atoms with Crippen LogP contribution in [-0.4, -0.2) is 72.3 Å². The summed E-state index contributed by atoms with van der Waals surface area (Å²) in [5, 5.41) is 4.62. The van der Waals surface area contributed by atoms with Gasteiger partial charge in [0.25, 0.3) is 0 Å². The molecular weight excluding hydrogens is 501 g/mol. The number of nitrogen functional groups attached to an aromatic ring is 1. The molecule has 2 fully saturated rings. The van der Waals surface area contributed by atoms with Gasteiger partial charge in [-0.3, -0.25) is 0 Å². The topological polar surface area (TPSA) is 92.4 Å². The Bertz CT molecular complexity index is 1440. The normalized spacial score (nSPS) is 19.0. The molecule has 0 aliphatic carbocycles. The van der Waals surface area contributed by atoms with Crippen molar-refractivity contribution in [3.8, 4) is 17.1 Å². The van der Waals surface area contributed by atoms with E-state index < -0.39 is 5.82 Å². The van der Waals surface area contributed by atoms with Crippen molar-refractivity contribution in [1.29, 1.82) is 0 Å². The number of likely N-dealkylation sites (tertiary alicyclic amines) is 1. The van der Waals surface area contributed by atoms with E-state index in [0.29, 0.717) is 40.1 Å². The number of likely N-dealkylation sites (N-methyl/N-ethyl adjacent to an activating group) is 1. The first-order valence-corrected chi connectivity index (χ1v) is 13.3. The third kappa shape index (κ3) is 4.21. The van der Waals surface area contributed by atoms with E-state index >= 15 is 4.39 Å². The predicted molar refractivity (Wildman–Crippen MR) is 144 cm³/mol. The number of nitrogens with two attached hydrogens (primary N) is 1. The number of benzene rings is 2. The van der Waals surface area contributed by atoms with Gasteiger partial charge in [0.15, 0.2) is 10.9 Å². The van der Waals surface area contributed by atoms with Gasteiger partial charge in [-0.2, -0.15) is 9.97 Å². The number of hydrogen-bond donors (Lipinski definition) is 2. The number of rotatable bonds is 5. The van der Waals surface area contributed by atoms with Crippen LogP contribution < -0.4 is 20.7 Å². The van der Waals surface area contributed by atoms with Crippen LogP contribution in [0, 0.1) is 5.82 Å². The van der Waals surface area contributed by atoms with Crippen molar-refractivity contribution in [2.24, 2.45) is 0 Å². The highest BCUT2D eigenvalue weighted by molar-refractivity contribution is 7.22. The second-order valence-corrected chi connectivity index (χ2v) is 10.8. The zero-order valence-electron chi connectivity index (χ0n) is 19.9. The van der Waals surface area contributed by atoms with Gasteiger partial charge in [0, 0.05) is 48.7 Å². The molecule has 188 valence electrons. The van der Waals surface area contributed by atoms with Gasteiger partial charge in [-0.1, -0.05) is 35.1 Å². The van der Waals surface area contributed by atoms with Crippen LogP contribution in [0.25, 0.3) is 32.2 Å². The third-order valence-electron chi connectivity index (χ3n) is 7.04. The maximum Gasteiger partial charge on any atom is 0.319 e. The van der Waals surface area contributed by atoms with Crippen molar-refractivity contribution in [2.45, 2.75) is 18.9 Å². The van der Waals surface area contributed by atoms with Crippen LogP contribution in [0.2, 0.25) is 5.02 Å². The molecule has 4 aromatic rings. The number of aromatic nitrogens is 3. The summed E-state index contributed by atoms with van der Waals surface area (Å²) in [4.78, 5) is 18.1. The van der Waals surface area contributed by atoms with Crippen LogP contribution in [0.4, 0.5) is 15.3 Å². The van der Waals surface area contributed by atoms with E-state index in [1.165, 1.54) is 11.3 Å². The largest absolute Gasteiger partial charge is 0.462 e. The Kier molecular flexibility index (Phi) is 6.28. The summed E-state index contributed by atoms with van der Waals surface area (Å²) in [6.07, 6.45) is 2.20. The first kappa shape index (κ1) is 23.6. The van der Waals surface area contributed by atoms with E-state index in [1.54, 1.807) is 6.07 Å². The molecular formula is C25H27ClFN7OS. The Labute approximate surface area is 217 Å². The summed E-state index contributed by atoms with van der Waals surface area (Å²) in [5.41, 5.74) is 7.60. The number of halogens is 2. The van der Waals surface area contributed by atoms with E-state index in [2.05, 4.69) is 32.1 Å². The molecule has 4 heterocycles. The number of para-hydroxylation sites is 1. The van der Waals surface area contributed by atoms with Gasteiger partial charge in [-0.25, -0.2) is 9.37 Å². The molecule has 8 nitrogen and oxygen atoms in total. The number of fused-ring (bicyclic) bond motifs is 2. The standard InChI is InChI=1S/C25H27ClFN7OS/c1-33-9-3-4-14(33)13-35-25-31-22-16(23(32-25)34-10-7-29-8-11-34)12-17(26)19(20(22)27)15-5-2-6-18-21(15)30-24(28)36-18/h2,5-6,12,14,29H,3-4,7-11,13H2,1H3,(H2,28,30)/t14-/m0/s1. The molecule has 0 saturated carbocycles. The van der Waals surface area contributed by atoms with Crippen molar-refractivity contribution in [3.05, 3.63) is 35.1 Å². The van der Waals surface area contributed by atoms with Crippen molar-refractivity contribution in [3.63, 3.8) is 0 Å². The second-order valence-electron chi connectivity index (χ2n) is 9.30. The van der Waals surface area contributed by atoms with Gasteiger partial charge in [0.05, 0.1) is 15.2 Å². The number of thiazole rings is 1. The quantitative estimate of drug-likeness (QED) is 0.399. The number of nitrogens with zero attached hydrogens (tertiary/aromatic N) is 5. The summed E-state index contributed by atoms with van der Waals surface area (Å²) in [7, 11) is 2.09. The molecule has 1 atom stereocenters. The van der Waals surface area contributed by atoms with Gasteiger partial charge >= 0.3 is 6.01 Å². The molecule has 0 amide bonds. The molecule has 2 aromatic carbocycles. The zero-order valence-corrected chi connectivity index (χ0v) is 21.5. The Hall–Kier alpha value is -2.79. The van der Waals surface area contributed by atoms with Crippen molar-refractivity contribution in [2.75, 3.05) is 57.0 Å². The molecule has 2 saturated heterocycles. The summed E-state index contributed by atoms with van der Waals surface area (Å²) < 4.78 is 23.3. The van der Waals surface area contributed by atoms with Crippen molar-refractivity contribution < 1.29 is 9.13 Å². The minimum absolute atomic E-state index is 0.180. The maximum absolute atomic E-state index is 16.4. The van der Waals surface area contributed by atoms with Crippen LogP contribution >= 0.6 is 22.9 Å². The van der Waals surface area contributed by atoms with Crippen LogP contribution in [0.3, 0.4) is 0 Å². The van der Waals surface area contributed by atoms with Crippen LogP contribution in [0.15, 0.2) is 24.3 Å². The van der Waals surface area contributed by atoms with Crippen LogP contribution in [0.5, 0.6) is 6.01 Å². The summed E-state index contributed by atoms with van der Waals surface area (Å²) in [5.74, 6) is 0.123. The van der Waals surface area contributed by atoms with E-state index in [1.807, 2.05) is 18.2 Å². The van der Waals surface area contributed by atoms with Gasteiger partial charge in [-0.05, 0) is 38.6 Å². The molecule has 6 rings (SSSR count). The third-order valence-corrected chi connectivity index (χ3v) is 8.19. The number of ether oxygens (including phenoxy) is 1. The molecule has 0 radical (unpaired) electrons.